The largest absolute Gasteiger partial charge is 0.497 e. The number of nitrogens with zero attached hydrogens (tertiary/aromatic N) is 1. The Morgan fingerprint density at radius 3 is 2.56 bits per heavy atom. The first-order valence-corrected chi connectivity index (χ1v) is 9.60. The summed E-state index contributed by atoms with van der Waals surface area (Å²) in [6, 6.07) is 14.1. The number of benzene rings is 2. The molecule has 0 fully saturated rings. The molecule has 0 aliphatic carbocycles. The molecule has 1 aromatic heterocycles. The second-order valence-corrected chi connectivity index (χ2v) is 6.89. The van der Waals surface area contributed by atoms with Crippen LogP contribution in [0.25, 0.3) is 0 Å². The van der Waals surface area contributed by atoms with Crippen LogP contribution in [0.1, 0.15) is 36.8 Å². The van der Waals surface area contributed by atoms with Gasteiger partial charge in [-0.1, -0.05) is 6.07 Å². The van der Waals surface area contributed by atoms with Crippen molar-refractivity contribution in [3.63, 3.8) is 0 Å². The molecule has 9 heteroatoms. The van der Waals surface area contributed by atoms with E-state index >= 15 is 0 Å². The molecule has 0 saturated heterocycles. The lowest BCUT2D eigenvalue weighted by molar-refractivity contribution is -0.119. The van der Waals surface area contributed by atoms with Crippen LogP contribution >= 0.6 is 0 Å². The van der Waals surface area contributed by atoms with E-state index < -0.39 is 30.3 Å². The standard InChI is InChI=1S/C23H18N2O7/c1-30-16-5-2-4-15(11-16)24-20(26)13-32-23(29)14-7-8-18-19(10-14)22(28)25(21(18)27)12-17-6-3-9-31-17/h2-11H,12-13H2,1H3,(H,24,26). The zero-order chi connectivity index (χ0) is 22.7. The zero-order valence-electron chi connectivity index (χ0n) is 17.0. The molecule has 4 rings (SSSR count). The van der Waals surface area contributed by atoms with Crippen LogP contribution in [0.5, 0.6) is 5.75 Å². The minimum atomic E-state index is -0.793. The molecule has 9 nitrogen and oxygen atoms in total. The smallest absolute Gasteiger partial charge is 0.338 e. The fraction of sp³-hybridized carbons (Fsp3) is 0.130. The molecule has 2 aromatic carbocycles. The minimum absolute atomic E-state index is 0.0103. The van der Waals surface area contributed by atoms with Gasteiger partial charge in [-0.15, -0.1) is 0 Å². The Labute approximate surface area is 182 Å². The van der Waals surface area contributed by atoms with Crippen LogP contribution in [0.4, 0.5) is 5.69 Å². The van der Waals surface area contributed by atoms with E-state index in [0.29, 0.717) is 17.2 Å². The highest BCUT2D eigenvalue weighted by Gasteiger charge is 2.36. The summed E-state index contributed by atoms with van der Waals surface area (Å²) >= 11 is 0. The van der Waals surface area contributed by atoms with Crippen molar-refractivity contribution in [3.8, 4) is 5.75 Å². The molecule has 0 radical (unpaired) electrons. The number of hydrogen-bond donors (Lipinski definition) is 1. The van der Waals surface area contributed by atoms with Crippen molar-refractivity contribution in [3.05, 3.63) is 83.3 Å². The fourth-order valence-corrected chi connectivity index (χ4v) is 3.23. The second kappa shape index (κ2) is 8.76. The summed E-state index contributed by atoms with van der Waals surface area (Å²) in [5.74, 6) is -1.31. The molecule has 0 saturated carbocycles. The Morgan fingerprint density at radius 1 is 1.00 bits per heavy atom. The van der Waals surface area contributed by atoms with E-state index in [1.165, 1.54) is 31.6 Å². The summed E-state index contributed by atoms with van der Waals surface area (Å²) < 4.78 is 15.3. The van der Waals surface area contributed by atoms with Crippen molar-refractivity contribution in [2.75, 3.05) is 19.0 Å². The van der Waals surface area contributed by atoms with Crippen LogP contribution < -0.4 is 10.1 Å². The van der Waals surface area contributed by atoms with Crippen molar-refractivity contribution in [1.82, 2.24) is 4.90 Å². The van der Waals surface area contributed by atoms with E-state index in [1.807, 2.05) is 0 Å². The lowest BCUT2D eigenvalue weighted by atomic mass is 10.1. The molecule has 0 unspecified atom stereocenters. The molecular formula is C23H18N2O7. The average molecular weight is 434 g/mol. The number of nitrogens with one attached hydrogen (secondary N) is 1. The van der Waals surface area contributed by atoms with Gasteiger partial charge in [-0.2, -0.15) is 0 Å². The Kier molecular flexibility index (Phi) is 5.71. The Morgan fingerprint density at radius 2 is 1.81 bits per heavy atom. The number of imide groups is 1. The third kappa shape index (κ3) is 4.22. The van der Waals surface area contributed by atoms with Crippen LogP contribution in [-0.2, 0) is 16.1 Å². The van der Waals surface area contributed by atoms with Gasteiger partial charge in [0.1, 0.15) is 11.5 Å². The topological polar surface area (TPSA) is 115 Å². The highest BCUT2D eigenvalue weighted by molar-refractivity contribution is 6.21. The summed E-state index contributed by atoms with van der Waals surface area (Å²) in [6.07, 6.45) is 1.45. The van der Waals surface area contributed by atoms with Crippen molar-refractivity contribution in [1.29, 1.82) is 0 Å². The third-order valence-corrected chi connectivity index (χ3v) is 4.79. The van der Waals surface area contributed by atoms with Gasteiger partial charge in [0, 0.05) is 11.8 Å². The molecule has 1 N–H and O–H groups in total. The number of methoxy groups -OCH3 is 1. The molecule has 0 spiro atoms. The van der Waals surface area contributed by atoms with Gasteiger partial charge in [-0.25, -0.2) is 4.79 Å². The van der Waals surface area contributed by atoms with Crippen LogP contribution in [0, 0.1) is 0 Å². The van der Waals surface area contributed by atoms with E-state index in [1.54, 1.807) is 36.4 Å². The van der Waals surface area contributed by atoms with Gasteiger partial charge in [0.25, 0.3) is 17.7 Å². The molecule has 1 aliphatic rings. The van der Waals surface area contributed by atoms with Crippen molar-refractivity contribution in [2.45, 2.75) is 6.54 Å². The summed E-state index contributed by atoms with van der Waals surface area (Å²) in [4.78, 5) is 50.7. The number of rotatable bonds is 7. The highest BCUT2D eigenvalue weighted by atomic mass is 16.5. The number of carbonyl (C=O) groups excluding carboxylic acids is 4. The summed E-state index contributed by atoms with van der Waals surface area (Å²) in [6.45, 7) is -0.534. The van der Waals surface area contributed by atoms with Crippen LogP contribution in [0.2, 0.25) is 0 Å². The number of amides is 3. The Hall–Kier alpha value is -4.40. The zero-order valence-corrected chi connectivity index (χ0v) is 17.0. The number of fused-ring (bicyclic) bond motifs is 1. The van der Waals surface area contributed by atoms with Crippen molar-refractivity contribution < 1.29 is 33.1 Å². The maximum atomic E-state index is 12.7. The first-order chi connectivity index (χ1) is 15.5. The molecule has 3 aromatic rings. The van der Waals surface area contributed by atoms with Gasteiger partial charge < -0.3 is 19.2 Å². The van der Waals surface area contributed by atoms with Gasteiger partial charge in [-0.05, 0) is 42.5 Å². The number of hydrogen-bond acceptors (Lipinski definition) is 7. The van der Waals surface area contributed by atoms with Crippen molar-refractivity contribution in [2.24, 2.45) is 0 Å². The number of ether oxygens (including phenoxy) is 2. The second-order valence-electron chi connectivity index (χ2n) is 6.89. The predicted octanol–water partition coefficient (Wildman–Crippen LogP) is 2.88. The lowest BCUT2D eigenvalue weighted by Gasteiger charge is -2.11. The van der Waals surface area contributed by atoms with Gasteiger partial charge >= 0.3 is 5.97 Å². The van der Waals surface area contributed by atoms with Gasteiger partial charge in [-0.3, -0.25) is 19.3 Å². The molecule has 32 heavy (non-hydrogen) atoms. The first kappa shape index (κ1) is 20.9. The monoisotopic (exact) mass is 434 g/mol. The average Bonchev–Trinajstić information content (AvgIpc) is 3.40. The maximum absolute atomic E-state index is 12.7. The van der Waals surface area contributed by atoms with E-state index in [2.05, 4.69) is 5.32 Å². The third-order valence-electron chi connectivity index (χ3n) is 4.79. The van der Waals surface area contributed by atoms with E-state index in [9.17, 15) is 19.2 Å². The van der Waals surface area contributed by atoms with Crippen LogP contribution in [-0.4, -0.2) is 42.3 Å². The number of anilines is 1. The first-order valence-electron chi connectivity index (χ1n) is 9.60. The molecule has 0 atom stereocenters. The molecule has 162 valence electrons. The molecule has 3 amide bonds. The van der Waals surface area contributed by atoms with Gasteiger partial charge in [0.2, 0.25) is 0 Å². The molecule has 2 heterocycles. The van der Waals surface area contributed by atoms with Crippen LogP contribution in [0.15, 0.2) is 65.3 Å². The number of carbonyl (C=O) groups is 4. The molecular weight excluding hydrogens is 416 g/mol. The maximum Gasteiger partial charge on any atom is 0.338 e. The predicted molar refractivity (Wildman–Crippen MR) is 111 cm³/mol. The summed E-state index contributed by atoms with van der Waals surface area (Å²) in [5, 5.41) is 2.59. The van der Waals surface area contributed by atoms with E-state index in [-0.39, 0.29) is 23.2 Å². The van der Waals surface area contributed by atoms with Gasteiger partial charge in [0.05, 0.1) is 36.6 Å². The normalized spacial score (nSPS) is 12.5. The number of esters is 1. The van der Waals surface area contributed by atoms with Crippen molar-refractivity contribution >= 4 is 29.4 Å². The Balaban J connectivity index is 1.39. The minimum Gasteiger partial charge on any atom is -0.497 e. The molecule has 1 aliphatic heterocycles. The lowest BCUT2D eigenvalue weighted by Crippen LogP contribution is -2.28. The fourth-order valence-electron chi connectivity index (χ4n) is 3.23. The quantitative estimate of drug-likeness (QED) is 0.449. The highest BCUT2D eigenvalue weighted by Crippen LogP contribution is 2.26. The summed E-state index contributed by atoms with van der Waals surface area (Å²) in [7, 11) is 1.51. The Bertz CT molecular complexity index is 1200. The van der Waals surface area contributed by atoms with E-state index in [4.69, 9.17) is 13.9 Å². The SMILES string of the molecule is COc1cccc(NC(=O)COC(=O)c2ccc3c(c2)C(=O)N(Cc2ccco2)C3=O)c1. The number of furan rings is 1. The summed E-state index contributed by atoms with van der Waals surface area (Å²) in [5.41, 5.74) is 0.827. The van der Waals surface area contributed by atoms with E-state index in [0.717, 1.165) is 4.90 Å². The molecule has 0 bridgehead atoms. The van der Waals surface area contributed by atoms with Gasteiger partial charge in [0.15, 0.2) is 6.61 Å². The van der Waals surface area contributed by atoms with Crippen LogP contribution in [0.3, 0.4) is 0 Å².